The van der Waals surface area contributed by atoms with E-state index in [-0.39, 0.29) is 5.91 Å². The van der Waals surface area contributed by atoms with Gasteiger partial charge in [-0.15, -0.1) is 10.2 Å². The van der Waals surface area contributed by atoms with Gasteiger partial charge in [0.2, 0.25) is 5.95 Å². The number of benzene rings is 2. The predicted octanol–water partition coefficient (Wildman–Crippen LogP) is 3.07. The van der Waals surface area contributed by atoms with Crippen molar-refractivity contribution in [2.24, 2.45) is 0 Å². The number of hydrogen-bond donors (Lipinski definition) is 1. The van der Waals surface area contributed by atoms with E-state index in [0.717, 1.165) is 16.6 Å². The summed E-state index contributed by atoms with van der Waals surface area (Å²) in [6.07, 6.45) is 3.27. The van der Waals surface area contributed by atoms with E-state index in [1.165, 1.54) is 0 Å². The number of carbonyl (C=O) groups excluding carboxylic acids is 1. The molecule has 0 bridgehead atoms. The number of amides is 1. The van der Waals surface area contributed by atoms with E-state index in [4.69, 9.17) is 0 Å². The zero-order chi connectivity index (χ0) is 16.4. The zero-order valence-corrected chi connectivity index (χ0v) is 12.6. The van der Waals surface area contributed by atoms with Crippen LogP contribution in [0.25, 0.3) is 16.6 Å². The van der Waals surface area contributed by atoms with Crippen molar-refractivity contribution in [1.29, 1.82) is 0 Å². The molecular weight excluding hydrogens is 302 g/mol. The summed E-state index contributed by atoms with van der Waals surface area (Å²) >= 11 is 0. The van der Waals surface area contributed by atoms with Crippen molar-refractivity contribution >= 4 is 22.8 Å². The highest BCUT2D eigenvalue weighted by atomic mass is 16.1. The first-order valence-electron chi connectivity index (χ1n) is 7.43. The number of carbonyl (C=O) groups is 1. The molecule has 0 saturated carbocycles. The van der Waals surface area contributed by atoms with Crippen LogP contribution in [0.1, 0.15) is 10.4 Å². The first-order chi connectivity index (χ1) is 11.8. The standard InChI is InChI=1S/C18H13N5O/c24-17(15-8-4-10-16-14(15)9-5-11-19-16)21-18-22-20-12-23(18)13-6-2-1-3-7-13/h1-12H,(H,21,22,24). The summed E-state index contributed by atoms with van der Waals surface area (Å²) in [6, 6.07) is 18.7. The molecule has 0 fully saturated rings. The largest absolute Gasteiger partial charge is 0.290 e. The van der Waals surface area contributed by atoms with Gasteiger partial charge in [0, 0.05) is 17.1 Å². The Morgan fingerprint density at radius 1 is 0.958 bits per heavy atom. The number of para-hydroxylation sites is 1. The van der Waals surface area contributed by atoms with Crippen LogP contribution in [0, 0.1) is 0 Å². The van der Waals surface area contributed by atoms with Gasteiger partial charge >= 0.3 is 0 Å². The fraction of sp³-hybridized carbons (Fsp3) is 0. The summed E-state index contributed by atoms with van der Waals surface area (Å²) in [5, 5.41) is 11.5. The van der Waals surface area contributed by atoms with E-state index in [2.05, 4.69) is 20.5 Å². The normalized spacial score (nSPS) is 10.7. The molecular formula is C18H13N5O. The molecule has 4 rings (SSSR count). The van der Waals surface area contributed by atoms with Crippen molar-refractivity contribution in [2.75, 3.05) is 5.32 Å². The molecule has 116 valence electrons. The molecule has 1 amide bonds. The van der Waals surface area contributed by atoms with Gasteiger partial charge in [-0.3, -0.25) is 19.7 Å². The topological polar surface area (TPSA) is 72.7 Å². The van der Waals surface area contributed by atoms with Crippen molar-refractivity contribution < 1.29 is 4.79 Å². The Kier molecular flexibility index (Phi) is 3.47. The number of nitrogens with zero attached hydrogens (tertiary/aromatic N) is 4. The molecule has 0 aliphatic rings. The summed E-state index contributed by atoms with van der Waals surface area (Å²) in [4.78, 5) is 17.0. The van der Waals surface area contributed by atoms with E-state index in [9.17, 15) is 4.79 Å². The summed E-state index contributed by atoms with van der Waals surface area (Å²) in [6.45, 7) is 0. The van der Waals surface area contributed by atoms with Crippen LogP contribution in [0.4, 0.5) is 5.95 Å². The summed E-state index contributed by atoms with van der Waals surface area (Å²) in [5.41, 5.74) is 2.19. The fourth-order valence-corrected chi connectivity index (χ4v) is 2.57. The van der Waals surface area contributed by atoms with Gasteiger partial charge in [0.05, 0.1) is 11.2 Å². The van der Waals surface area contributed by atoms with Gasteiger partial charge in [0.25, 0.3) is 5.91 Å². The lowest BCUT2D eigenvalue weighted by Gasteiger charge is -2.09. The van der Waals surface area contributed by atoms with Gasteiger partial charge in [-0.1, -0.05) is 30.3 Å². The third-order valence-corrected chi connectivity index (χ3v) is 3.70. The molecule has 6 heteroatoms. The molecule has 24 heavy (non-hydrogen) atoms. The number of nitrogens with one attached hydrogen (secondary N) is 1. The number of fused-ring (bicyclic) bond motifs is 1. The van der Waals surface area contributed by atoms with Crippen molar-refractivity contribution in [3.8, 4) is 5.69 Å². The second-order valence-electron chi connectivity index (χ2n) is 5.19. The molecule has 0 aliphatic heterocycles. The van der Waals surface area contributed by atoms with Crippen LogP contribution in [-0.4, -0.2) is 25.7 Å². The second-order valence-corrected chi connectivity index (χ2v) is 5.19. The van der Waals surface area contributed by atoms with Crippen LogP contribution in [0.2, 0.25) is 0 Å². The summed E-state index contributed by atoms with van der Waals surface area (Å²) < 4.78 is 1.72. The van der Waals surface area contributed by atoms with Gasteiger partial charge in [-0.25, -0.2) is 0 Å². The zero-order valence-electron chi connectivity index (χ0n) is 12.6. The Labute approximate surface area is 137 Å². The maximum Gasteiger partial charge on any atom is 0.258 e. The van der Waals surface area contributed by atoms with E-state index in [1.54, 1.807) is 23.2 Å². The molecule has 0 atom stereocenters. The van der Waals surface area contributed by atoms with Crippen LogP contribution in [0.3, 0.4) is 0 Å². The van der Waals surface area contributed by atoms with Gasteiger partial charge in [-0.2, -0.15) is 0 Å². The minimum atomic E-state index is -0.251. The van der Waals surface area contributed by atoms with Gasteiger partial charge in [-0.05, 0) is 30.3 Å². The van der Waals surface area contributed by atoms with Gasteiger partial charge < -0.3 is 0 Å². The Morgan fingerprint density at radius 3 is 2.71 bits per heavy atom. The molecule has 2 aromatic heterocycles. The van der Waals surface area contributed by atoms with Crippen LogP contribution >= 0.6 is 0 Å². The smallest absolute Gasteiger partial charge is 0.258 e. The second kappa shape index (κ2) is 5.92. The Bertz CT molecular complexity index is 1000. The maximum atomic E-state index is 12.7. The first kappa shape index (κ1) is 14.1. The van der Waals surface area contributed by atoms with Crippen molar-refractivity contribution in [2.45, 2.75) is 0 Å². The lowest BCUT2D eigenvalue weighted by Crippen LogP contribution is -2.15. The molecule has 0 saturated heterocycles. The molecule has 6 nitrogen and oxygen atoms in total. The van der Waals surface area contributed by atoms with Crippen molar-refractivity contribution in [3.63, 3.8) is 0 Å². The first-order valence-corrected chi connectivity index (χ1v) is 7.43. The molecule has 0 aliphatic carbocycles. The SMILES string of the molecule is O=C(Nc1nncn1-c1ccccc1)c1cccc2ncccc12. The number of pyridine rings is 1. The van der Waals surface area contributed by atoms with Crippen molar-refractivity contribution in [3.05, 3.63) is 78.8 Å². The molecule has 1 N–H and O–H groups in total. The lowest BCUT2D eigenvalue weighted by atomic mass is 10.1. The van der Waals surface area contributed by atoms with E-state index >= 15 is 0 Å². The van der Waals surface area contributed by atoms with Crippen LogP contribution in [0.15, 0.2) is 73.2 Å². The van der Waals surface area contributed by atoms with Crippen LogP contribution in [0.5, 0.6) is 0 Å². The van der Waals surface area contributed by atoms with Gasteiger partial charge in [0.1, 0.15) is 6.33 Å². The monoisotopic (exact) mass is 315 g/mol. The molecule has 0 unspecified atom stereocenters. The fourth-order valence-electron chi connectivity index (χ4n) is 2.57. The minimum absolute atomic E-state index is 0.251. The Hall–Kier alpha value is -3.54. The predicted molar refractivity (Wildman–Crippen MR) is 91.1 cm³/mol. The highest BCUT2D eigenvalue weighted by Gasteiger charge is 2.14. The lowest BCUT2D eigenvalue weighted by molar-refractivity contribution is 0.102. The molecule has 4 aromatic rings. The number of hydrogen-bond acceptors (Lipinski definition) is 4. The Balaban J connectivity index is 1.69. The summed E-state index contributed by atoms with van der Waals surface area (Å²) in [5.74, 6) is 0.117. The molecule has 0 spiro atoms. The minimum Gasteiger partial charge on any atom is -0.290 e. The van der Waals surface area contributed by atoms with E-state index in [1.807, 2.05) is 54.6 Å². The summed E-state index contributed by atoms with van der Waals surface area (Å²) in [7, 11) is 0. The quantitative estimate of drug-likeness (QED) is 0.630. The third kappa shape index (κ3) is 2.50. The average molecular weight is 315 g/mol. The van der Waals surface area contributed by atoms with Crippen LogP contribution in [-0.2, 0) is 0 Å². The number of aromatic nitrogens is 4. The molecule has 2 heterocycles. The van der Waals surface area contributed by atoms with Gasteiger partial charge in [0.15, 0.2) is 0 Å². The number of rotatable bonds is 3. The third-order valence-electron chi connectivity index (χ3n) is 3.70. The van der Waals surface area contributed by atoms with Crippen molar-refractivity contribution in [1.82, 2.24) is 19.7 Å². The molecule has 2 aromatic carbocycles. The number of anilines is 1. The van der Waals surface area contributed by atoms with E-state index < -0.39 is 0 Å². The van der Waals surface area contributed by atoms with E-state index in [0.29, 0.717) is 11.5 Å². The van der Waals surface area contributed by atoms with Crippen LogP contribution < -0.4 is 5.32 Å². The molecule has 0 radical (unpaired) electrons. The highest BCUT2D eigenvalue weighted by Crippen LogP contribution is 2.19. The average Bonchev–Trinajstić information content (AvgIpc) is 3.10. The Morgan fingerprint density at radius 2 is 1.83 bits per heavy atom. The highest BCUT2D eigenvalue weighted by molar-refractivity contribution is 6.11. The maximum absolute atomic E-state index is 12.7.